The molecule has 0 unspecified atom stereocenters. The van der Waals surface area contributed by atoms with Crippen molar-refractivity contribution in [2.45, 2.75) is 25.8 Å². The molecule has 5 heteroatoms. The van der Waals surface area contributed by atoms with Crippen LogP contribution in [0.5, 0.6) is 0 Å². The molecule has 1 aromatic carbocycles. The molecule has 0 radical (unpaired) electrons. The van der Waals surface area contributed by atoms with Gasteiger partial charge < -0.3 is 15.7 Å². The summed E-state index contributed by atoms with van der Waals surface area (Å²) in [5.74, 6) is -1.70. The molecule has 0 aromatic heterocycles. The van der Waals surface area contributed by atoms with Crippen molar-refractivity contribution >= 4 is 11.9 Å². The number of carbonyl (C=O) groups excluding carboxylic acids is 1. The molecule has 1 aromatic rings. The molecule has 0 saturated carbocycles. The number of aliphatic carboxylic acids is 1. The summed E-state index contributed by atoms with van der Waals surface area (Å²) in [4.78, 5) is 24.9. The molecule has 1 amide bonds. The third-order valence-electron chi connectivity index (χ3n) is 3.45. The van der Waals surface area contributed by atoms with Crippen LogP contribution in [0, 0.1) is 5.92 Å². The highest BCUT2D eigenvalue weighted by Gasteiger charge is 2.26. The van der Waals surface area contributed by atoms with Crippen molar-refractivity contribution in [2.75, 3.05) is 13.6 Å². The van der Waals surface area contributed by atoms with Gasteiger partial charge in [-0.05, 0) is 18.9 Å². The fourth-order valence-electron chi connectivity index (χ4n) is 2.02. The maximum atomic E-state index is 12.4. The Morgan fingerprint density at radius 3 is 2.40 bits per heavy atom. The van der Waals surface area contributed by atoms with Gasteiger partial charge in [-0.15, -0.1) is 0 Å². The molecule has 20 heavy (non-hydrogen) atoms. The van der Waals surface area contributed by atoms with Crippen LogP contribution in [-0.2, 0) is 16.0 Å². The van der Waals surface area contributed by atoms with E-state index in [1.54, 1.807) is 7.05 Å². The molecular formula is C15H22N2O3. The molecule has 0 aliphatic carbocycles. The maximum absolute atomic E-state index is 12.4. The first kappa shape index (κ1) is 16.2. The van der Waals surface area contributed by atoms with Gasteiger partial charge in [0.2, 0.25) is 5.91 Å². The first-order chi connectivity index (χ1) is 9.45. The monoisotopic (exact) mass is 278 g/mol. The summed E-state index contributed by atoms with van der Waals surface area (Å²) in [5.41, 5.74) is 6.51. The average molecular weight is 278 g/mol. The molecule has 2 atom stereocenters. The minimum absolute atomic E-state index is 0.102. The summed E-state index contributed by atoms with van der Waals surface area (Å²) in [6.45, 7) is 2.20. The van der Waals surface area contributed by atoms with E-state index in [4.69, 9.17) is 10.8 Å². The Hall–Kier alpha value is -1.88. The molecule has 5 nitrogen and oxygen atoms in total. The van der Waals surface area contributed by atoms with Crippen LogP contribution in [0.25, 0.3) is 0 Å². The molecule has 0 spiro atoms. The first-order valence-corrected chi connectivity index (χ1v) is 6.68. The zero-order valence-corrected chi connectivity index (χ0v) is 12.0. The van der Waals surface area contributed by atoms with Crippen LogP contribution in [0.15, 0.2) is 30.3 Å². The van der Waals surface area contributed by atoms with Crippen LogP contribution < -0.4 is 5.73 Å². The van der Waals surface area contributed by atoms with E-state index >= 15 is 0 Å². The van der Waals surface area contributed by atoms with Gasteiger partial charge in [0.05, 0.1) is 12.3 Å². The smallest absolute Gasteiger partial charge is 0.304 e. The standard InChI is InChI=1S/C15H22N2O3/c1-11(10-16)17(2)15(20)13(9-14(18)19)8-12-6-4-3-5-7-12/h3-7,11,13H,8-10,16H2,1-2H3,(H,18,19)/t11-,13+/m0/s1. The van der Waals surface area contributed by atoms with Gasteiger partial charge in [0.1, 0.15) is 0 Å². The van der Waals surface area contributed by atoms with Crippen LogP contribution in [-0.4, -0.2) is 41.5 Å². The van der Waals surface area contributed by atoms with E-state index in [0.29, 0.717) is 13.0 Å². The molecule has 3 N–H and O–H groups in total. The Morgan fingerprint density at radius 2 is 1.90 bits per heavy atom. The van der Waals surface area contributed by atoms with Crippen LogP contribution in [0.3, 0.4) is 0 Å². The van der Waals surface area contributed by atoms with Crippen molar-refractivity contribution in [3.05, 3.63) is 35.9 Å². The van der Waals surface area contributed by atoms with Gasteiger partial charge in [-0.2, -0.15) is 0 Å². The van der Waals surface area contributed by atoms with Gasteiger partial charge in [0, 0.05) is 19.6 Å². The molecule has 0 aliphatic heterocycles. The van der Waals surface area contributed by atoms with Gasteiger partial charge in [-0.3, -0.25) is 9.59 Å². The molecule has 0 fully saturated rings. The van der Waals surface area contributed by atoms with Crippen molar-refractivity contribution < 1.29 is 14.7 Å². The fourth-order valence-corrected chi connectivity index (χ4v) is 2.02. The predicted octanol–water partition coefficient (Wildman–Crippen LogP) is 1.13. The number of carbonyl (C=O) groups is 2. The number of carboxylic acid groups (broad SMARTS) is 1. The summed E-state index contributed by atoms with van der Waals surface area (Å²) >= 11 is 0. The highest BCUT2D eigenvalue weighted by atomic mass is 16.4. The third-order valence-corrected chi connectivity index (χ3v) is 3.45. The van der Waals surface area contributed by atoms with Crippen LogP contribution >= 0.6 is 0 Å². The van der Waals surface area contributed by atoms with E-state index in [1.165, 1.54) is 4.90 Å². The second-order valence-corrected chi connectivity index (χ2v) is 5.02. The van der Waals surface area contributed by atoms with E-state index in [9.17, 15) is 9.59 Å². The lowest BCUT2D eigenvalue weighted by molar-refractivity contribution is -0.144. The first-order valence-electron chi connectivity index (χ1n) is 6.68. The minimum atomic E-state index is -0.965. The van der Waals surface area contributed by atoms with Crippen molar-refractivity contribution in [1.29, 1.82) is 0 Å². The number of hydrogen-bond acceptors (Lipinski definition) is 3. The van der Waals surface area contributed by atoms with Crippen molar-refractivity contribution in [3.63, 3.8) is 0 Å². The highest BCUT2D eigenvalue weighted by molar-refractivity contribution is 5.83. The summed E-state index contributed by atoms with van der Waals surface area (Å²) in [5, 5.41) is 8.99. The number of nitrogens with two attached hydrogens (primary N) is 1. The third kappa shape index (κ3) is 4.66. The Kier molecular flexibility index (Phi) is 6.18. The van der Waals surface area contributed by atoms with E-state index < -0.39 is 11.9 Å². The van der Waals surface area contributed by atoms with Gasteiger partial charge in [-0.25, -0.2) is 0 Å². The lowest BCUT2D eigenvalue weighted by Crippen LogP contribution is -2.43. The Bertz CT molecular complexity index is 448. The number of carboxylic acids is 1. The van der Waals surface area contributed by atoms with E-state index in [1.807, 2.05) is 37.3 Å². The quantitative estimate of drug-likeness (QED) is 0.783. The second-order valence-electron chi connectivity index (χ2n) is 5.02. The zero-order valence-electron chi connectivity index (χ0n) is 12.0. The zero-order chi connectivity index (χ0) is 15.1. The maximum Gasteiger partial charge on any atom is 0.304 e. The Balaban J connectivity index is 2.83. The molecule has 0 saturated heterocycles. The molecule has 0 heterocycles. The number of amides is 1. The molecule has 110 valence electrons. The average Bonchev–Trinajstić information content (AvgIpc) is 2.44. The fraction of sp³-hybridized carbons (Fsp3) is 0.467. The van der Waals surface area contributed by atoms with Crippen molar-refractivity contribution in [1.82, 2.24) is 4.90 Å². The molecular weight excluding hydrogens is 256 g/mol. The van der Waals surface area contributed by atoms with Crippen molar-refractivity contribution in [2.24, 2.45) is 11.7 Å². The van der Waals surface area contributed by atoms with Gasteiger partial charge in [0.25, 0.3) is 0 Å². The van der Waals surface area contributed by atoms with Crippen molar-refractivity contribution in [3.8, 4) is 0 Å². The SMILES string of the molecule is C[C@@H](CN)N(C)C(=O)[C@@H](CC(=O)O)Cc1ccccc1. The predicted molar refractivity (Wildman–Crippen MR) is 77.2 cm³/mol. The van der Waals surface area contributed by atoms with Gasteiger partial charge in [0.15, 0.2) is 0 Å². The lowest BCUT2D eigenvalue weighted by atomic mass is 9.94. The molecule has 0 aliphatic rings. The Morgan fingerprint density at radius 1 is 1.30 bits per heavy atom. The van der Waals surface area contributed by atoms with Crippen LogP contribution in [0.2, 0.25) is 0 Å². The summed E-state index contributed by atoms with van der Waals surface area (Å²) in [6.07, 6.45) is 0.253. The van der Waals surface area contributed by atoms with E-state index in [0.717, 1.165) is 5.56 Å². The van der Waals surface area contributed by atoms with E-state index in [2.05, 4.69) is 0 Å². The minimum Gasteiger partial charge on any atom is -0.481 e. The molecule has 1 rings (SSSR count). The normalized spacial score (nSPS) is 13.6. The lowest BCUT2D eigenvalue weighted by Gasteiger charge is -2.27. The highest BCUT2D eigenvalue weighted by Crippen LogP contribution is 2.16. The van der Waals surface area contributed by atoms with Crippen LogP contribution in [0.4, 0.5) is 0 Å². The van der Waals surface area contributed by atoms with Crippen LogP contribution in [0.1, 0.15) is 18.9 Å². The van der Waals surface area contributed by atoms with E-state index in [-0.39, 0.29) is 18.4 Å². The topological polar surface area (TPSA) is 83.6 Å². The Labute approximate surface area is 119 Å². The second kappa shape index (κ2) is 7.65. The number of hydrogen-bond donors (Lipinski definition) is 2. The number of rotatable bonds is 7. The number of benzene rings is 1. The van der Waals surface area contributed by atoms with Gasteiger partial charge >= 0.3 is 5.97 Å². The van der Waals surface area contributed by atoms with Gasteiger partial charge in [-0.1, -0.05) is 30.3 Å². The number of nitrogens with zero attached hydrogens (tertiary/aromatic N) is 1. The summed E-state index contributed by atoms with van der Waals surface area (Å²) < 4.78 is 0. The number of likely N-dealkylation sites (N-methyl/N-ethyl adjacent to an activating group) is 1. The summed E-state index contributed by atoms with van der Waals surface area (Å²) in [6, 6.07) is 9.34. The largest absolute Gasteiger partial charge is 0.481 e. The summed E-state index contributed by atoms with van der Waals surface area (Å²) in [7, 11) is 1.67. The molecule has 0 bridgehead atoms.